The van der Waals surface area contributed by atoms with Gasteiger partial charge in [-0.1, -0.05) is 13.8 Å². The van der Waals surface area contributed by atoms with Crippen molar-refractivity contribution in [2.45, 2.75) is 26.3 Å². The number of imidazole rings is 1. The molecule has 5 heteroatoms. The molecule has 1 unspecified atom stereocenters. The molecule has 96 valence electrons. The van der Waals surface area contributed by atoms with Crippen LogP contribution in [0.25, 0.3) is 5.82 Å². The normalized spacial score (nSPS) is 12.9. The topological polar surface area (TPSA) is 56.7 Å². The van der Waals surface area contributed by atoms with Gasteiger partial charge in [0.05, 0.1) is 18.1 Å². The molecule has 0 bridgehead atoms. The van der Waals surface area contributed by atoms with Gasteiger partial charge in [-0.3, -0.25) is 4.57 Å². The Bertz CT molecular complexity index is 504. The first kappa shape index (κ1) is 12.7. The lowest BCUT2D eigenvalue weighted by Gasteiger charge is -2.15. The highest BCUT2D eigenvalue weighted by atomic mass is 19.1. The molecule has 2 rings (SSSR count). The molecule has 0 saturated carbocycles. The molecule has 0 aliphatic rings. The third-order valence-electron chi connectivity index (χ3n) is 2.73. The standard InChI is InChI=1S/C13H17FN4/c1-9(2)5-11(15)12-7-16-8-18(12)13-4-3-10(14)6-17-13/h3-4,6-9,11H,5,15H2,1-2H3. The summed E-state index contributed by atoms with van der Waals surface area (Å²) in [4.78, 5) is 8.13. The smallest absolute Gasteiger partial charge is 0.141 e. The molecule has 0 radical (unpaired) electrons. The van der Waals surface area contributed by atoms with E-state index in [1.54, 1.807) is 23.2 Å². The Hall–Kier alpha value is -1.75. The van der Waals surface area contributed by atoms with Crippen molar-refractivity contribution in [2.75, 3.05) is 0 Å². The third kappa shape index (κ3) is 2.73. The van der Waals surface area contributed by atoms with Crippen LogP contribution < -0.4 is 5.73 Å². The number of pyridine rings is 1. The van der Waals surface area contributed by atoms with Crippen LogP contribution in [0.3, 0.4) is 0 Å². The number of nitrogens with two attached hydrogens (primary N) is 1. The van der Waals surface area contributed by atoms with E-state index in [0.29, 0.717) is 11.7 Å². The van der Waals surface area contributed by atoms with Gasteiger partial charge < -0.3 is 5.73 Å². The SMILES string of the molecule is CC(C)CC(N)c1cncn1-c1ccc(F)cn1. The van der Waals surface area contributed by atoms with Gasteiger partial charge in [0.25, 0.3) is 0 Å². The van der Waals surface area contributed by atoms with Gasteiger partial charge in [0.1, 0.15) is 18.0 Å². The molecule has 0 spiro atoms. The van der Waals surface area contributed by atoms with Crippen LogP contribution in [-0.4, -0.2) is 14.5 Å². The van der Waals surface area contributed by atoms with Crippen LogP contribution in [0.4, 0.5) is 4.39 Å². The molecule has 0 amide bonds. The van der Waals surface area contributed by atoms with Gasteiger partial charge in [0.15, 0.2) is 0 Å². The van der Waals surface area contributed by atoms with Crippen molar-refractivity contribution in [3.63, 3.8) is 0 Å². The molecule has 0 saturated heterocycles. The highest BCUT2D eigenvalue weighted by Gasteiger charge is 2.14. The van der Waals surface area contributed by atoms with Crippen molar-refractivity contribution in [2.24, 2.45) is 11.7 Å². The van der Waals surface area contributed by atoms with Gasteiger partial charge in [-0.25, -0.2) is 14.4 Å². The predicted octanol–water partition coefficient (Wildman–Crippen LogP) is 2.45. The number of hydrogen-bond acceptors (Lipinski definition) is 3. The fraction of sp³-hybridized carbons (Fsp3) is 0.385. The Labute approximate surface area is 106 Å². The summed E-state index contributed by atoms with van der Waals surface area (Å²) < 4.78 is 14.6. The van der Waals surface area contributed by atoms with Gasteiger partial charge in [-0.2, -0.15) is 0 Å². The lowest BCUT2D eigenvalue weighted by Crippen LogP contribution is -2.17. The van der Waals surface area contributed by atoms with Crippen molar-refractivity contribution in [3.05, 3.63) is 42.4 Å². The van der Waals surface area contributed by atoms with Crippen LogP contribution in [-0.2, 0) is 0 Å². The monoisotopic (exact) mass is 248 g/mol. The fourth-order valence-corrected chi connectivity index (χ4v) is 1.91. The van der Waals surface area contributed by atoms with E-state index < -0.39 is 0 Å². The Kier molecular flexibility index (Phi) is 3.72. The quantitative estimate of drug-likeness (QED) is 0.904. The number of nitrogens with zero attached hydrogens (tertiary/aromatic N) is 3. The summed E-state index contributed by atoms with van der Waals surface area (Å²) in [7, 11) is 0. The maximum atomic E-state index is 12.8. The summed E-state index contributed by atoms with van der Waals surface area (Å²) in [5, 5.41) is 0. The summed E-state index contributed by atoms with van der Waals surface area (Å²) in [5.41, 5.74) is 7.04. The largest absolute Gasteiger partial charge is 0.323 e. The molecule has 1 atom stereocenters. The maximum absolute atomic E-state index is 12.8. The molecule has 2 N–H and O–H groups in total. The molecule has 0 aromatic carbocycles. The molecule has 2 aromatic rings. The van der Waals surface area contributed by atoms with E-state index in [-0.39, 0.29) is 11.9 Å². The average molecular weight is 248 g/mol. The van der Waals surface area contributed by atoms with Crippen molar-refractivity contribution < 1.29 is 4.39 Å². The van der Waals surface area contributed by atoms with E-state index in [1.807, 2.05) is 0 Å². The third-order valence-corrected chi connectivity index (χ3v) is 2.73. The minimum atomic E-state index is -0.355. The molecule has 0 aliphatic carbocycles. The molecule has 0 fully saturated rings. The summed E-state index contributed by atoms with van der Waals surface area (Å²) in [6, 6.07) is 2.89. The van der Waals surface area contributed by atoms with E-state index in [1.165, 1.54) is 12.3 Å². The van der Waals surface area contributed by atoms with E-state index >= 15 is 0 Å². The van der Waals surface area contributed by atoms with Crippen molar-refractivity contribution in [3.8, 4) is 5.82 Å². The lowest BCUT2D eigenvalue weighted by atomic mass is 10.0. The summed E-state index contributed by atoms with van der Waals surface area (Å²) in [6.07, 6.45) is 5.44. The highest BCUT2D eigenvalue weighted by molar-refractivity contribution is 5.26. The predicted molar refractivity (Wildman–Crippen MR) is 67.7 cm³/mol. The van der Waals surface area contributed by atoms with E-state index in [4.69, 9.17) is 5.73 Å². The van der Waals surface area contributed by atoms with Crippen LogP contribution in [0.2, 0.25) is 0 Å². The Morgan fingerprint density at radius 1 is 1.33 bits per heavy atom. The number of aromatic nitrogens is 3. The van der Waals surface area contributed by atoms with Crippen LogP contribution >= 0.6 is 0 Å². The average Bonchev–Trinajstić information content (AvgIpc) is 2.78. The van der Waals surface area contributed by atoms with Gasteiger partial charge in [0, 0.05) is 6.04 Å². The van der Waals surface area contributed by atoms with Crippen molar-refractivity contribution in [1.82, 2.24) is 14.5 Å². The van der Waals surface area contributed by atoms with Gasteiger partial charge in [-0.15, -0.1) is 0 Å². The second-order valence-electron chi connectivity index (χ2n) is 4.76. The van der Waals surface area contributed by atoms with Gasteiger partial charge in [0.2, 0.25) is 0 Å². The minimum Gasteiger partial charge on any atom is -0.323 e. The Morgan fingerprint density at radius 3 is 2.72 bits per heavy atom. The summed E-state index contributed by atoms with van der Waals surface area (Å²) in [6.45, 7) is 4.24. The fourth-order valence-electron chi connectivity index (χ4n) is 1.91. The zero-order valence-electron chi connectivity index (χ0n) is 10.5. The number of halogens is 1. The highest BCUT2D eigenvalue weighted by Crippen LogP contribution is 2.20. The first-order chi connectivity index (χ1) is 8.58. The van der Waals surface area contributed by atoms with E-state index in [9.17, 15) is 4.39 Å². The minimum absolute atomic E-state index is 0.0978. The zero-order valence-corrected chi connectivity index (χ0v) is 10.5. The maximum Gasteiger partial charge on any atom is 0.141 e. The second kappa shape index (κ2) is 5.27. The van der Waals surface area contributed by atoms with Crippen molar-refractivity contribution >= 4 is 0 Å². The Morgan fingerprint density at radius 2 is 2.11 bits per heavy atom. The van der Waals surface area contributed by atoms with Crippen LogP contribution in [0.1, 0.15) is 32.0 Å². The summed E-state index contributed by atoms with van der Waals surface area (Å²) >= 11 is 0. The molecular formula is C13H17FN4. The molecule has 4 nitrogen and oxygen atoms in total. The first-order valence-corrected chi connectivity index (χ1v) is 5.97. The molecule has 18 heavy (non-hydrogen) atoms. The zero-order chi connectivity index (χ0) is 13.1. The summed E-state index contributed by atoms with van der Waals surface area (Å²) in [5.74, 6) is 0.777. The molecule has 2 heterocycles. The van der Waals surface area contributed by atoms with Crippen LogP contribution in [0.5, 0.6) is 0 Å². The first-order valence-electron chi connectivity index (χ1n) is 5.97. The van der Waals surface area contributed by atoms with Crippen molar-refractivity contribution in [1.29, 1.82) is 0 Å². The molecular weight excluding hydrogens is 231 g/mol. The van der Waals surface area contributed by atoms with E-state index in [2.05, 4.69) is 23.8 Å². The van der Waals surface area contributed by atoms with Crippen LogP contribution in [0.15, 0.2) is 30.9 Å². The number of hydrogen-bond donors (Lipinski definition) is 1. The van der Waals surface area contributed by atoms with Gasteiger partial charge >= 0.3 is 0 Å². The van der Waals surface area contributed by atoms with E-state index in [0.717, 1.165) is 12.1 Å². The lowest BCUT2D eigenvalue weighted by molar-refractivity contribution is 0.497. The molecule has 0 aliphatic heterocycles. The second-order valence-corrected chi connectivity index (χ2v) is 4.76. The molecule has 2 aromatic heterocycles. The van der Waals surface area contributed by atoms with Crippen LogP contribution in [0, 0.1) is 11.7 Å². The van der Waals surface area contributed by atoms with Gasteiger partial charge in [-0.05, 0) is 24.5 Å². The number of rotatable bonds is 4. The Balaban J connectivity index is 2.29.